The van der Waals surface area contributed by atoms with Crippen molar-refractivity contribution in [1.29, 1.82) is 0 Å². The zero-order valence-corrected chi connectivity index (χ0v) is 23.8. The molecule has 1 unspecified atom stereocenters. The second-order valence-corrected chi connectivity index (χ2v) is 10.6. The average molecular weight is 636 g/mol. The standard InChI is InChI=1S/C23H29N5O2.2C2HF3O2/c1-17-4-3-5-18(12-17)21(29)28-7-6-23(15-28)16-30-14-19-13-24-22(25-20(19)23)27-10-8-26(2)9-11-27;2*3-2(4,5)1(6)7/h3-5,12-13H,6-11,14-16H2,1-2H3;2*(H,6,7). The number of carbonyl (C=O) groups is 3. The number of fused-ring (bicyclic) bond motifs is 2. The molecule has 1 aromatic heterocycles. The van der Waals surface area contributed by atoms with E-state index in [9.17, 15) is 31.1 Å². The lowest BCUT2D eigenvalue weighted by atomic mass is 9.80. The number of likely N-dealkylation sites (tertiary alicyclic amines) is 1. The molecule has 0 radical (unpaired) electrons. The van der Waals surface area contributed by atoms with E-state index in [2.05, 4.69) is 21.8 Å². The van der Waals surface area contributed by atoms with Crippen molar-refractivity contribution < 1.29 is 55.7 Å². The zero-order chi connectivity index (χ0) is 32.9. The molecule has 2 N–H and O–H groups in total. The van der Waals surface area contributed by atoms with E-state index in [0.29, 0.717) is 19.8 Å². The Balaban J connectivity index is 0.000000317. The van der Waals surface area contributed by atoms with Gasteiger partial charge in [-0.3, -0.25) is 4.79 Å². The summed E-state index contributed by atoms with van der Waals surface area (Å²) in [6, 6.07) is 7.83. The third kappa shape index (κ3) is 8.78. The van der Waals surface area contributed by atoms with Crippen molar-refractivity contribution in [2.45, 2.75) is 37.7 Å². The summed E-state index contributed by atoms with van der Waals surface area (Å²) in [5, 5.41) is 14.2. The Kier molecular flexibility index (Phi) is 10.8. The quantitative estimate of drug-likeness (QED) is 0.474. The Bertz CT molecular complexity index is 1330. The van der Waals surface area contributed by atoms with Gasteiger partial charge in [0.2, 0.25) is 5.95 Å². The van der Waals surface area contributed by atoms with E-state index in [1.807, 2.05) is 42.3 Å². The molecule has 0 saturated carbocycles. The minimum atomic E-state index is -5.08. The van der Waals surface area contributed by atoms with E-state index >= 15 is 0 Å². The predicted molar refractivity (Wildman–Crippen MR) is 142 cm³/mol. The number of benzene rings is 1. The Morgan fingerprint density at radius 2 is 1.55 bits per heavy atom. The van der Waals surface area contributed by atoms with Crippen LogP contribution in [0.4, 0.5) is 32.3 Å². The number of hydrogen-bond donors (Lipinski definition) is 2. The van der Waals surface area contributed by atoms with Crippen molar-refractivity contribution in [1.82, 2.24) is 19.8 Å². The number of amides is 1. The number of carboxylic acid groups (broad SMARTS) is 2. The van der Waals surface area contributed by atoms with E-state index in [4.69, 9.17) is 29.5 Å². The summed E-state index contributed by atoms with van der Waals surface area (Å²) in [6.07, 6.45) is -7.36. The van der Waals surface area contributed by atoms with E-state index in [0.717, 1.165) is 67.5 Å². The minimum absolute atomic E-state index is 0.0936. The molecule has 44 heavy (non-hydrogen) atoms. The van der Waals surface area contributed by atoms with Gasteiger partial charge in [0.15, 0.2) is 0 Å². The van der Waals surface area contributed by atoms with Crippen LogP contribution in [0, 0.1) is 6.92 Å². The number of carbonyl (C=O) groups excluding carboxylic acids is 1. The molecule has 1 spiro atoms. The van der Waals surface area contributed by atoms with Gasteiger partial charge in [0.25, 0.3) is 5.91 Å². The second kappa shape index (κ2) is 13.8. The molecule has 1 amide bonds. The van der Waals surface area contributed by atoms with Gasteiger partial charge in [-0.1, -0.05) is 17.7 Å². The molecular weight excluding hydrogens is 604 g/mol. The molecule has 3 aliphatic rings. The van der Waals surface area contributed by atoms with Crippen LogP contribution < -0.4 is 4.90 Å². The number of aromatic nitrogens is 2. The molecule has 0 bridgehead atoms. The van der Waals surface area contributed by atoms with Crippen molar-refractivity contribution in [2.75, 3.05) is 57.8 Å². The van der Waals surface area contributed by atoms with Gasteiger partial charge in [0.05, 0.1) is 24.3 Å². The lowest BCUT2D eigenvalue weighted by Gasteiger charge is -2.36. The molecule has 17 heteroatoms. The first-order chi connectivity index (χ1) is 20.4. The number of alkyl halides is 6. The Labute approximate surface area is 248 Å². The van der Waals surface area contributed by atoms with Crippen LogP contribution in [0.5, 0.6) is 0 Å². The van der Waals surface area contributed by atoms with Crippen LogP contribution in [0.3, 0.4) is 0 Å². The van der Waals surface area contributed by atoms with E-state index in [1.165, 1.54) is 0 Å². The normalized spacial score (nSPS) is 20.2. The van der Waals surface area contributed by atoms with Crippen LogP contribution >= 0.6 is 0 Å². The highest BCUT2D eigenvalue weighted by atomic mass is 19.4. The predicted octanol–water partition coefficient (Wildman–Crippen LogP) is 3.12. The number of anilines is 1. The number of aliphatic carboxylic acids is 2. The number of aryl methyl sites for hydroxylation is 1. The summed E-state index contributed by atoms with van der Waals surface area (Å²) >= 11 is 0. The van der Waals surface area contributed by atoms with Crippen molar-refractivity contribution in [2.24, 2.45) is 0 Å². The summed E-state index contributed by atoms with van der Waals surface area (Å²) in [5.41, 5.74) is 3.76. The maximum Gasteiger partial charge on any atom is 0.490 e. The number of rotatable bonds is 2. The molecule has 3 aliphatic heterocycles. The van der Waals surface area contributed by atoms with Gasteiger partial charge in [-0.15, -0.1) is 0 Å². The van der Waals surface area contributed by atoms with Gasteiger partial charge in [-0.25, -0.2) is 19.6 Å². The second-order valence-electron chi connectivity index (χ2n) is 10.6. The van der Waals surface area contributed by atoms with Gasteiger partial charge in [0, 0.05) is 56.6 Å². The fourth-order valence-electron chi connectivity index (χ4n) is 4.86. The lowest BCUT2D eigenvalue weighted by molar-refractivity contribution is -0.193. The van der Waals surface area contributed by atoms with Crippen molar-refractivity contribution in [3.05, 3.63) is 52.8 Å². The first-order valence-electron chi connectivity index (χ1n) is 13.3. The van der Waals surface area contributed by atoms with Gasteiger partial charge < -0.3 is 29.6 Å². The molecule has 1 aromatic carbocycles. The van der Waals surface area contributed by atoms with Crippen LogP contribution in [0.25, 0.3) is 0 Å². The molecule has 11 nitrogen and oxygen atoms in total. The highest BCUT2D eigenvalue weighted by Crippen LogP contribution is 2.40. The SMILES string of the molecule is Cc1cccc(C(=O)N2CCC3(COCc4cnc(N5CCN(C)CC5)nc43)C2)c1.O=C(O)C(F)(F)F.O=C(O)C(F)(F)F. The summed E-state index contributed by atoms with van der Waals surface area (Å²) in [6.45, 7) is 8.47. The van der Waals surface area contributed by atoms with E-state index < -0.39 is 24.3 Å². The van der Waals surface area contributed by atoms with Crippen LogP contribution in [0.15, 0.2) is 30.5 Å². The number of piperazine rings is 1. The fraction of sp³-hybridized carbons (Fsp3) is 0.519. The minimum Gasteiger partial charge on any atom is -0.475 e. The Morgan fingerprint density at radius 1 is 0.955 bits per heavy atom. The maximum absolute atomic E-state index is 13.1. The monoisotopic (exact) mass is 635 g/mol. The summed E-state index contributed by atoms with van der Waals surface area (Å²) in [4.78, 5) is 47.2. The largest absolute Gasteiger partial charge is 0.490 e. The first kappa shape index (κ1) is 34.5. The Morgan fingerprint density at radius 3 is 2.09 bits per heavy atom. The fourth-order valence-corrected chi connectivity index (χ4v) is 4.86. The van der Waals surface area contributed by atoms with Gasteiger partial charge >= 0.3 is 24.3 Å². The molecule has 0 aliphatic carbocycles. The third-order valence-corrected chi connectivity index (χ3v) is 7.17. The smallest absolute Gasteiger partial charge is 0.475 e. The summed E-state index contributed by atoms with van der Waals surface area (Å²) in [5.74, 6) is -4.61. The van der Waals surface area contributed by atoms with Gasteiger partial charge in [0.1, 0.15) is 0 Å². The molecule has 242 valence electrons. The number of halogens is 6. The number of likely N-dealkylation sites (N-methyl/N-ethyl adjacent to an activating group) is 1. The number of ether oxygens (including phenoxy) is 1. The number of carboxylic acids is 2. The summed E-state index contributed by atoms with van der Waals surface area (Å²) < 4.78 is 69.4. The van der Waals surface area contributed by atoms with Crippen LogP contribution in [-0.4, -0.2) is 113 Å². The van der Waals surface area contributed by atoms with Crippen LogP contribution in [0.1, 0.15) is 33.6 Å². The van der Waals surface area contributed by atoms with Crippen LogP contribution in [0.2, 0.25) is 0 Å². The first-order valence-corrected chi connectivity index (χ1v) is 13.3. The molecular formula is C27H31F6N5O6. The van der Waals surface area contributed by atoms with Crippen LogP contribution in [-0.2, 0) is 26.3 Å². The highest BCUT2D eigenvalue weighted by Gasteiger charge is 2.46. The van der Waals surface area contributed by atoms with Gasteiger partial charge in [-0.05, 0) is 32.5 Å². The van der Waals surface area contributed by atoms with E-state index in [-0.39, 0.29) is 11.3 Å². The zero-order valence-electron chi connectivity index (χ0n) is 23.8. The van der Waals surface area contributed by atoms with Crippen molar-refractivity contribution in [3.63, 3.8) is 0 Å². The van der Waals surface area contributed by atoms with Crippen molar-refractivity contribution >= 4 is 23.8 Å². The topological polar surface area (TPSA) is 136 Å². The lowest BCUT2D eigenvalue weighted by Crippen LogP contribution is -2.46. The Hall–Kier alpha value is -3.99. The number of nitrogens with zero attached hydrogens (tertiary/aromatic N) is 5. The van der Waals surface area contributed by atoms with Gasteiger partial charge in [-0.2, -0.15) is 26.3 Å². The number of hydrogen-bond acceptors (Lipinski definition) is 8. The molecule has 4 heterocycles. The third-order valence-electron chi connectivity index (χ3n) is 7.17. The molecule has 2 saturated heterocycles. The molecule has 2 fully saturated rings. The van der Waals surface area contributed by atoms with Crippen molar-refractivity contribution in [3.8, 4) is 0 Å². The molecule has 2 aromatic rings. The van der Waals surface area contributed by atoms with E-state index in [1.54, 1.807) is 0 Å². The molecule has 1 atom stereocenters. The molecule has 5 rings (SSSR count). The average Bonchev–Trinajstić information content (AvgIpc) is 3.37. The highest BCUT2D eigenvalue weighted by molar-refractivity contribution is 5.94. The summed E-state index contributed by atoms with van der Waals surface area (Å²) in [7, 11) is 2.15. The maximum atomic E-state index is 13.1.